The third kappa shape index (κ3) is 2.76. The fourth-order valence-corrected chi connectivity index (χ4v) is 2.45. The highest BCUT2D eigenvalue weighted by Crippen LogP contribution is 2.19. The van der Waals surface area contributed by atoms with Crippen molar-refractivity contribution >= 4 is 26.7 Å². The molecule has 0 radical (unpaired) electrons. The van der Waals surface area contributed by atoms with Gasteiger partial charge in [-0.2, -0.15) is 0 Å². The summed E-state index contributed by atoms with van der Waals surface area (Å²) in [7, 11) is 0. The maximum atomic E-state index is 3.43. The van der Waals surface area contributed by atoms with Crippen molar-refractivity contribution < 1.29 is 0 Å². The van der Waals surface area contributed by atoms with E-state index in [9.17, 15) is 0 Å². The van der Waals surface area contributed by atoms with Gasteiger partial charge < -0.3 is 0 Å². The number of fused-ring (bicyclic) bond motifs is 1. The van der Waals surface area contributed by atoms with Gasteiger partial charge in [-0.25, -0.2) is 0 Å². The minimum Gasteiger partial charge on any atom is -0.0617 e. The molecule has 1 heteroatoms. The highest BCUT2D eigenvalue weighted by Gasteiger charge is 1.97. The summed E-state index contributed by atoms with van der Waals surface area (Å²) >= 11 is 3.43. The molecular formula is C19H13Br. The molecule has 3 rings (SSSR count). The van der Waals surface area contributed by atoms with Crippen LogP contribution in [0.15, 0.2) is 65.1 Å². The summed E-state index contributed by atoms with van der Waals surface area (Å²) in [6, 6.07) is 20.8. The van der Waals surface area contributed by atoms with Crippen molar-refractivity contribution in [3.8, 4) is 11.8 Å². The Morgan fingerprint density at radius 2 is 1.50 bits per heavy atom. The Hall–Kier alpha value is -2.04. The molecule has 0 aliphatic heterocycles. The summed E-state index contributed by atoms with van der Waals surface area (Å²) in [5, 5.41) is 2.54. The predicted molar refractivity (Wildman–Crippen MR) is 88.8 cm³/mol. The molecule has 0 aliphatic carbocycles. The van der Waals surface area contributed by atoms with E-state index >= 15 is 0 Å². The Morgan fingerprint density at radius 3 is 2.30 bits per heavy atom. The second kappa shape index (κ2) is 5.53. The van der Waals surface area contributed by atoms with Gasteiger partial charge in [0, 0.05) is 15.6 Å². The molecule has 96 valence electrons. The molecule has 0 bridgehead atoms. The average Bonchev–Trinajstić information content (AvgIpc) is 2.47. The van der Waals surface area contributed by atoms with Gasteiger partial charge >= 0.3 is 0 Å². The Kier molecular flexibility index (Phi) is 3.58. The number of hydrogen-bond donors (Lipinski definition) is 0. The van der Waals surface area contributed by atoms with Gasteiger partial charge in [-0.1, -0.05) is 52.0 Å². The number of halogens is 1. The maximum Gasteiger partial charge on any atom is 0.0255 e. The lowest BCUT2D eigenvalue weighted by atomic mass is 10.0. The molecule has 0 atom stereocenters. The standard InChI is InChI=1S/C19H13Br/c1-14-3-2-4-17-10-7-16(13-19(14)17)6-5-15-8-11-18(20)12-9-15/h2-4,7-13H,1H3. The molecule has 20 heavy (non-hydrogen) atoms. The van der Waals surface area contributed by atoms with Crippen molar-refractivity contribution in [3.63, 3.8) is 0 Å². The van der Waals surface area contributed by atoms with E-state index in [0.29, 0.717) is 0 Å². The van der Waals surface area contributed by atoms with Gasteiger partial charge in [-0.15, -0.1) is 0 Å². The van der Waals surface area contributed by atoms with Gasteiger partial charge in [0.15, 0.2) is 0 Å². The Labute approximate surface area is 127 Å². The van der Waals surface area contributed by atoms with E-state index in [-0.39, 0.29) is 0 Å². The van der Waals surface area contributed by atoms with Crippen LogP contribution in [0.5, 0.6) is 0 Å². The summed E-state index contributed by atoms with van der Waals surface area (Å²) in [6.07, 6.45) is 0. The zero-order chi connectivity index (χ0) is 13.9. The smallest absolute Gasteiger partial charge is 0.0255 e. The molecule has 0 unspecified atom stereocenters. The van der Waals surface area contributed by atoms with Crippen molar-refractivity contribution in [1.29, 1.82) is 0 Å². The first-order valence-electron chi connectivity index (χ1n) is 6.49. The third-order valence-corrected chi connectivity index (χ3v) is 3.82. The lowest BCUT2D eigenvalue weighted by Crippen LogP contribution is -1.81. The number of benzene rings is 3. The second-order valence-corrected chi connectivity index (χ2v) is 5.68. The van der Waals surface area contributed by atoms with E-state index in [1.54, 1.807) is 0 Å². The summed E-state index contributed by atoms with van der Waals surface area (Å²) < 4.78 is 1.07. The van der Waals surface area contributed by atoms with Crippen LogP contribution in [-0.4, -0.2) is 0 Å². The molecule has 0 aromatic heterocycles. The van der Waals surface area contributed by atoms with Gasteiger partial charge in [0.25, 0.3) is 0 Å². The van der Waals surface area contributed by atoms with Crippen molar-refractivity contribution in [1.82, 2.24) is 0 Å². The summed E-state index contributed by atoms with van der Waals surface area (Å²) in [4.78, 5) is 0. The summed E-state index contributed by atoms with van der Waals surface area (Å²) in [5.74, 6) is 6.44. The minimum atomic E-state index is 1.03. The molecule has 3 aromatic carbocycles. The van der Waals surface area contributed by atoms with E-state index in [4.69, 9.17) is 0 Å². The minimum absolute atomic E-state index is 1.03. The highest BCUT2D eigenvalue weighted by molar-refractivity contribution is 9.10. The van der Waals surface area contributed by atoms with Gasteiger partial charge in [0.2, 0.25) is 0 Å². The second-order valence-electron chi connectivity index (χ2n) is 4.77. The van der Waals surface area contributed by atoms with Crippen LogP contribution < -0.4 is 0 Å². The van der Waals surface area contributed by atoms with Gasteiger partial charge in [0.05, 0.1) is 0 Å². The van der Waals surface area contributed by atoms with Crippen LogP contribution in [0.4, 0.5) is 0 Å². The van der Waals surface area contributed by atoms with E-state index in [1.165, 1.54) is 16.3 Å². The largest absolute Gasteiger partial charge is 0.0617 e. The van der Waals surface area contributed by atoms with Crippen LogP contribution in [0, 0.1) is 18.8 Å². The maximum absolute atomic E-state index is 3.43. The van der Waals surface area contributed by atoms with Crippen LogP contribution in [0.25, 0.3) is 10.8 Å². The molecule has 0 nitrogen and oxygen atoms in total. The number of rotatable bonds is 0. The van der Waals surface area contributed by atoms with Crippen LogP contribution in [0.1, 0.15) is 16.7 Å². The monoisotopic (exact) mass is 320 g/mol. The topological polar surface area (TPSA) is 0 Å². The first-order chi connectivity index (χ1) is 9.72. The first-order valence-corrected chi connectivity index (χ1v) is 7.29. The molecule has 0 heterocycles. The first kappa shape index (κ1) is 13.0. The van der Waals surface area contributed by atoms with Crippen molar-refractivity contribution in [2.75, 3.05) is 0 Å². The van der Waals surface area contributed by atoms with Crippen molar-refractivity contribution in [2.24, 2.45) is 0 Å². The van der Waals surface area contributed by atoms with E-state index < -0.39 is 0 Å². The number of hydrogen-bond acceptors (Lipinski definition) is 0. The predicted octanol–water partition coefficient (Wildman–Crippen LogP) is 5.31. The fourth-order valence-electron chi connectivity index (χ4n) is 2.18. The lowest BCUT2D eigenvalue weighted by Gasteiger charge is -2.01. The molecule has 0 fully saturated rings. The van der Waals surface area contributed by atoms with Crippen LogP contribution >= 0.6 is 15.9 Å². The normalized spacial score (nSPS) is 10.1. The van der Waals surface area contributed by atoms with Crippen molar-refractivity contribution in [2.45, 2.75) is 6.92 Å². The summed E-state index contributed by atoms with van der Waals surface area (Å²) in [6.45, 7) is 2.13. The van der Waals surface area contributed by atoms with E-state index in [0.717, 1.165) is 15.6 Å². The fraction of sp³-hybridized carbons (Fsp3) is 0.0526. The Morgan fingerprint density at radius 1 is 0.800 bits per heavy atom. The zero-order valence-corrected chi connectivity index (χ0v) is 12.7. The summed E-state index contributed by atoms with van der Waals surface area (Å²) in [5.41, 5.74) is 3.36. The van der Waals surface area contributed by atoms with E-state index in [2.05, 4.69) is 71.1 Å². The van der Waals surface area contributed by atoms with Crippen LogP contribution in [0.2, 0.25) is 0 Å². The molecule has 0 spiro atoms. The Bertz CT molecular complexity index is 818. The average molecular weight is 321 g/mol. The van der Waals surface area contributed by atoms with E-state index in [1.807, 2.05) is 24.3 Å². The number of aryl methyl sites for hydroxylation is 1. The molecule has 0 saturated heterocycles. The van der Waals surface area contributed by atoms with Gasteiger partial charge in [-0.3, -0.25) is 0 Å². The van der Waals surface area contributed by atoms with Crippen LogP contribution in [0.3, 0.4) is 0 Å². The molecular weight excluding hydrogens is 308 g/mol. The Balaban J connectivity index is 1.99. The SMILES string of the molecule is Cc1cccc2ccc(C#Cc3ccc(Br)cc3)cc12. The zero-order valence-electron chi connectivity index (χ0n) is 11.2. The van der Waals surface area contributed by atoms with Gasteiger partial charge in [0.1, 0.15) is 0 Å². The molecule has 0 saturated carbocycles. The molecule has 0 N–H and O–H groups in total. The molecule has 0 aliphatic rings. The van der Waals surface area contributed by atoms with Crippen LogP contribution in [-0.2, 0) is 0 Å². The van der Waals surface area contributed by atoms with Crippen molar-refractivity contribution in [3.05, 3.63) is 81.8 Å². The molecule has 0 amide bonds. The van der Waals surface area contributed by atoms with Gasteiger partial charge in [-0.05, 0) is 59.7 Å². The quantitative estimate of drug-likeness (QED) is 0.492. The highest BCUT2D eigenvalue weighted by atomic mass is 79.9. The lowest BCUT2D eigenvalue weighted by molar-refractivity contribution is 1.52. The third-order valence-electron chi connectivity index (χ3n) is 3.30. The molecule has 3 aromatic rings.